The SMILES string of the molecule is CSC(C)CNC(=O)c1ccc(C#CCO)cc1. The van der Waals surface area contributed by atoms with Crippen LogP contribution in [0.4, 0.5) is 0 Å². The topological polar surface area (TPSA) is 49.3 Å². The van der Waals surface area contributed by atoms with Gasteiger partial charge < -0.3 is 10.4 Å². The summed E-state index contributed by atoms with van der Waals surface area (Å²) in [6.45, 7) is 2.57. The lowest BCUT2D eigenvalue weighted by Crippen LogP contribution is -2.29. The fourth-order valence-corrected chi connectivity index (χ4v) is 1.52. The fourth-order valence-electron chi connectivity index (χ4n) is 1.27. The smallest absolute Gasteiger partial charge is 0.251 e. The molecule has 1 aromatic rings. The van der Waals surface area contributed by atoms with Crippen molar-refractivity contribution in [3.05, 3.63) is 35.4 Å². The summed E-state index contributed by atoms with van der Waals surface area (Å²) < 4.78 is 0. The van der Waals surface area contributed by atoms with Gasteiger partial charge in [-0.05, 0) is 30.5 Å². The van der Waals surface area contributed by atoms with Gasteiger partial charge in [0.05, 0.1) is 0 Å². The molecule has 96 valence electrons. The Bertz CT molecular complexity index is 445. The van der Waals surface area contributed by atoms with E-state index < -0.39 is 0 Å². The van der Waals surface area contributed by atoms with Crippen LogP contribution in [-0.2, 0) is 0 Å². The van der Waals surface area contributed by atoms with Crippen molar-refractivity contribution in [2.24, 2.45) is 0 Å². The van der Waals surface area contributed by atoms with Crippen LogP contribution in [0.15, 0.2) is 24.3 Å². The van der Waals surface area contributed by atoms with Gasteiger partial charge in [-0.15, -0.1) is 0 Å². The highest BCUT2D eigenvalue weighted by Crippen LogP contribution is 2.05. The van der Waals surface area contributed by atoms with Crippen molar-refractivity contribution in [1.29, 1.82) is 0 Å². The quantitative estimate of drug-likeness (QED) is 0.810. The minimum absolute atomic E-state index is 0.0717. The maximum Gasteiger partial charge on any atom is 0.251 e. The summed E-state index contributed by atoms with van der Waals surface area (Å²) in [6.07, 6.45) is 2.02. The molecule has 0 aliphatic rings. The average Bonchev–Trinajstić information content (AvgIpc) is 2.42. The first kappa shape index (κ1) is 14.6. The van der Waals surface area contributed by atoms with Gasteiger partial charge in [-0.25, -0.2) is 0 Å². The van der Waals surface area contributed by atoms with Crippen molar-refractivity contribution < 1.29 is 9.90 Å². The molecule has 0 aliphatic heterocycles. The van der Waals surface area contributed by atoms with Gasteiger partial charge in [0.1, 0.15) is 6.61 Å². The van der Waals surface area contributed by atoms with Gasteiger partial charge in [0.15, 0.2) is 0 Å². The van der Waals surface area contributed by atoms with Gasteiger partial charge in [-0.2, -0.15) is 11.8 Å². The molecule has 1 rings (SSSR count). The van der Waals surface area contributed by atoms with Crippen molar-refractivity contribution in [1.82, 2.24) is 5.32 Å². The largest absolute Gasteiger partial charge is 0.384 e. The van der Waals surface area contributed by atoms with Crippen molar-refractivity contribution in [2.75, 3.05) is 19.4 Å². The number of amides is 1. The zero-order valence-electron chi connectivity index (χ0n) is 10.6. The predicted molar refractivity (Wildman–Crippen MR) is 75.7 cm³/mol. The van der Waals surface area contributed by atoms with E-state index in [1.807, 2.05) is 6.26 Å². The number of rotatable bonds is 4. The number of hydrogen-bond acceptors (Lipinski definition) is 3. The van der Waals surface area contributed by atoms with Crippen LogP contribution in [0.3, 0.4) is 0 Å². The van der Waals surface area contributed by atoms with Crippen LogP contribution >= 0.6 is 11.8 Å². The lowest BCUT2D eigenvalue weighted by molar-refractivity contribution is 0.0954. The summed E-state index contributed by atoms with van der Waals surface area (Å²) in [5.41, 5.74) is 1.41. The van der Waals surface area contributed by atoms with Gasteiger partial charge in [-0.1, -0.05) is 18.8 Å². The third-order valence-corrected chi connectivity index (χ3v) is 3.38. The van der Waals surface area contributed by atoms with E-state index in [4.69, 9.17) is 5.11 Å². The van der Waals surface area contributed by atoms with E-state index in [0.29, 0.717) is 17.4 Å². The molecule has 0 saturated carbocycles. The number of aliphatic hydroxyl groups is 1. The van der Waals surface area contributed by atoms with Crippen molar-refractivity contribution in [2.45, 2.75) is 12.2 Å². The molecule has 0 bridgehead atoms. The fraction of sp³-hybridized carbons (Fsp3) is 0.357. The monoisotopic (exact) mass is 263 g/mol. The average molecular weight is 263 g/mol. The third kappa shape index (κ3) is 4.82. The molecule has 0 radical (unpaired) electrons. The second-order valence-electron chi connectivity index (χ2n) is 3.79. The van der Waals surface area contributed by atoms with Gasteiger partial charge in [0.25, 0.3) is 5.91 Å². The number of hydrogen-bond donors (Lipinski definition) is 2. The molecule has 0 heterocycles. The number of aliphatic hydroxyl groups excluding tert-OH is 1. The first-order valence-electron chi connectivity index (χ1n) is 5.68. The molecule has 0 aliphatic carbocycles. The highest BCUT2D eigenvalue weighted by molar-refractivity contribution is 7.99. The minimum Gasteiger partial charge on any atom is -0.384 e. The molecule has 2 N–H and O–H groups in total. The van der Waals surface area contributed by atoms with Crippen LogP contribution in [0.5, 0.6) is 0 Å². The third-order valence-electron chi connectivity index (χ3n) is 2.41. The zero-order valence-corrected chi connectivity index (χ0v) is 11.4. The standard InChI is InChI=1S/C14H17NO2S/c1-11(18-2)10-15-14(17)13-7-5-12(6-8-13)4-3-9-16/h5-8,11,16H,9-10H2,1-2H3,(H,15,17). The van der Waals surface area contributed by atoms with E-state index in [2.05, 4.69) is 24.1 Å². The maximum atomic E-state index is 11.8. The zero-order chi connectivity index (χ0) is 13.4. The van der Waals surface area contributed by atoms with Crippen molar-refractivity contribution in [3.63, 3.8) is 0 Å². The first-order valence-corrected chi connectivity index (χ1v) is 6.97. The number of carbonyl (C=O) groups is 1. The molecule has 1 amide bonds. The highest BCUT2D eigenvalue weighted by atomic mass is 32.2. The molecule has 0 spiro atoms. The molecular formula is C14H17NO2S. The van der Waals surface area contributed by atoms with E-state index in [1.54, 1.807) is 36.0 Å². The second-order valence-corrected chi connectivity index (χ2v) is 5.07. The van der Waals surface area contributed by atoms with E-state index in [-0.39, 0.29) is 12.5 Å². The minimum atomic E-state index is -0.158. The van der Waals surface area contributed by atoms with E-state index in [0.717, 1.165) is 5.56 Å². The summed E-state index contributed by atoms with van der Waals surface area (Å²) in [6, 6.07) is 7.02. The van der Waals surface area contributed by atoms with Crippen LogP contribution in [-0.4, -0.2) is 35.7 Å². The summed E-state index contributed by atoms with van der Waals surface area (Å²) in [5.74, 6) is 5.28. The van der Waals surface area contributed by atoms with E-state index >= 15 is 0 Å². The van der Waals surface area contributed by atoms with Crippen LogP contribution < -0.4 is 5.32 Å². The molecule has 0 aromatic heterocycles. The molecule has 0 fully saturated rings. The van der Waals surface area contributed by atoms with Gasteiger partial charge in [-0.3, -0.25) is 4.79 Å². The van der Waals surface area contributed by atoms with Crippen molar-refractivity contribution in [3.8, 4) is 11.8 Å². The molecule has 3 nitrogen and oxygen atoms in total. The summed E-state index contributed by atoms with van der Waals surface area (Å²) in [5, 5.41) is 11.9. The molecule has 1 atom stereocenters. The summed E-state index contributed by atoms with van der Waals surface area (Å²) in [7, 11) is 0. The second kappa shape index (κ2) is 7.80. The Hall–Kier alpha value is -1.44. The summed E-state index contributed by atoms with van der Waals surface area (Å²) in [4.78, 5) is 11.8. The van der Waals surface area contributed by atoms with Gasteiger partial charge >= 0.3 is 0 Å². The van der Waals surface area contributed by atoms with Gasteiger partial charge in [0, 0.05) is 22.9 Å². The molecule has 18 heavy (non-hydrogen) atoms. The molecule has 1 unspecified atom stereocenters. The van der Waals surface area contributed by atoms with Crippen LogP contribution in [0.25, 0.3) is 0 Å². The molecule has 0 saturated heterocycles. The lowest BCUT2D eigenvalue weighted by Gasteiger charge is -2.09. The number of nitrogens with one attached hydrogen (secondary N) is 1. The Kier molecular flexibility index (Phi) is 6.34. The predicted octanol–water partition coefficient (Wildman–Crippen LogP) is 1.51. The van der Waals surface area contributed by atoms with Crippen molar-refractivity contribution >= 4 is 17.7 Å². The Labute approximate surface area is 112 Å². The Morgan fingerprint density at radius 3 is 2.67 bits per heavy atom. The van der Waals surface area contributed by atoms with E-state index in [9.17, 15) is 4.79 Å². The number of carbonyl (C=O) groups excluding carboxylic acids is 1. The molecule has 4 heteroatoms. The normalized spacial score (nSPS) is 11.3. The van der Waals surface area contributed by atoms with Crippen LogP contribution in [0.2, 0.25) is 0 Å². The Morgan fingerprint density at radius 2 is 2.11 bits per heavy atom. The highest BCUT2D eigenvalue weighted by Gasteiger charge is 2.06. The van der Waals surface area contributed by atoms with E-state index in [1.165, 1.54) is 0 Å². The van der Waals surface area contributed by atoms with Crippen LogP contribution in [0.1, 0.15) is 22.8 Å². The maximum absolute atomic E-state index is 11.8. The first-order chi connectivity index (χ1) is 8.67. The molecule has 1 aromatic carbocycles. The van der Waals surface area contributed by atoms with Gasteiger partial charge in [0.2, 0.25) is 0 Å². The van der Waals surface area contributed by atoms with Crippen LogP contribution in [0, 0.1) is 11.8 Å². The number of thioether (sulfide) groups is 1. The summed E-state index contributed by atoms with van der Waals surface area (Å²) >= 11 is 1.72. The Morgan fingerprint density at radius 1 is 1.44 bits per heavy atom. The lowest BCUT2D eigenvalue weighted by atomic mass is 10.1. The molecular weight excluding hydrogens is 246 g/mol. The number of benzene rings is 1. The Balaban J connectivity index is 2.59.